The highest BCUT2D eigenvalue weighted by Crippen LogP contribution is 2.17. The number of carbonyl (C=O) groups excluding carboxylic acids is 4. The number of aliphatic carboxylic acids is 2. The van der Waals surface area contributed by atoms with E-state index in [1.165, 1.54) is 25.7 Å². The van der Waals surface area contributed by atoms with Gasteiger partial charge < -0.3 is 29.2 Å². The molecule has 0 saturated carbocycles. The van der Waals surface area contributed by atoms with Crippen LogP contribution in [0.1, 0.15) is 271 Å². The monoisotopic (exact) mass is 963 g/mol. The Morgan fingerprint density at radius 3 is 1.04 bits per heavy atom. The molecule has 2 N–H and O–H groups in total. The highest BCUT2D eigenvalue weighted by atomic mass is 16.6. The van der Waals surface area contributed by atoms with E-state index in [1.54, 1.807) is 0 Å². The number of ether oxygens (including phenoxy) is 4. The molecule has 0 saturated heterocycles. The summed E-state index contributed by atoms with van der Waals surface area (Å²) >= 11 is 0. The summed E-state index contributed by atoms with van der Waals surface area (Å²) in [7, 11) is 0. The Kier molecular flexibility index (Phi) is 47.0. The van der Waals surface area contributed by atoms with Gasteiger partial charge in [0.2, 0.25) is 0 Å². The van der Waals surface area contributed by atoms with E-state index in [9.17, 15) is 28.8 Å². The van der Waals surface area contributed by atoms with Gasteiger partial charge in [0.1, 0.15) is 12.2 Å². The molecule has 0 bridgehead atoms. The van der Waals surface area contributed by atoms with Gasteiger partial charge in [0.05, 0.1) is 13.2 Å². The summed E-state index contributed by atoms with van der Waals surface area (Å²) in [5.41, 5.74) is 0. The minimum Gasteiger partial charge on any atom is -0.481 e. The lowest BCUT2D eigenvalue weighted by molar-refractivity contribution is -0.150. The van der Waals surface area contributed by atoms with Crippen molar-refractivity contribution in [3.05, 3.63) is 24.3 Å². The van der Waals surface area contributed by atoms with Crippen LogP contribution in [0.25, 0.3) is 0 Å². The highest BCUT2D eigenvalue weighted by Gasteiger charge is 2.15. The summed E-state index contributed by atoms with van der Waals surface area (Å²) in [4.78, 5) is 70.1. The van der Waals surface area contributed by atoms with Crippen LogP contribution in [-0.2, 0) is 47.7 Å². The number of carboxylic acids is 2. The zero-order valence-corrected chi connectivity index (χ0v) is 43.1. The Morgan fingerprint density at radius 2 is 0.676 bits per heavy atom. The van der Waals surface area contributed by atoms with Crippen molar-refractivity contribution >= 4 is 35.8 Å². The zero-order valence-electron chi connectivity index (χ0n) is 43.1. The third kappa shape index (κ3) is 48.7. The fraction of sp³-hybridized carbons (Fsp3) is 0.821. The second kappa shape index (κ2) is 49.7. The Labute approximate surface area is 412 Å². The number of esters is 4. The lowest BCUT2D eigenvalue weighted by atomic mass is 10.1. The van der Waals surface area contributed by atoms with E-state index < -0.39 is 11.9 Å². The summed E-state index contributed by atoms with van der Waals surface area (Å²) < 4.78 is 22.2. The molecule has 0 aliphatic rings. The van der Waals surface area contributed by atoms with Gasteiger partial charge in [-0.25, -0.2) is 0 Å². The van der Waals surface area contributed by atoms with Crippen LogP contribution < -0.4 is 0 Å². The third-order valence-electron chi connectivity index (χ3n) is 12.1. The molecule has 2 atom stereocenters. The van der Waals surface area contributed by atoms with Gasteiger partial charge in [0.25, 0.3) is 0 Å². The van der Waals surface area contributed by atoms with Crippen LogP contribution in [0, 0.1) is 0 Å². The van der Waals surface area contributed by atoms with Gasteiger partial charge in [-0.3, -0.25) is 28.8 Å². The Bertz CT molecular complexity index is 1210. The predicted molar refractivity (Wildman–Crippen MR) is 271 cm³/mol. The maximum absolute atomic E-state index is 12.2. The molecule has 0 aliphatic heterocycles. The van der Waals surface area contributed by atoms with Crippen molar-refractivity contribution in [1.82, 2.24) is 0 Å². The molecule has 68 heavy (non-hydrogen) atoms. The van der Waals surface area contributed by atoms with Crippen LogP contribution in [0.3, 0.4) is 0 Å². The quantitative estimate of drug-likeness (QED) is 0.0255. The first-order chi connectivity index (χ1) is 33.1. The minimum atomic E-state index is -0.894. The largest absolute Gasteiger partial charge is 0.481 e. The van der Waals surface area contributed by atoms with Gasteiger partial charge in [-0.05, 0) is 89.9 Å². The first-order valence-corrected chi connectivity index (χ1v) is 27.5. The maximum atomic E-state index is 12.2. The van der Waals surface area contributed by atoms with Gasteiger partial charge in [0, 0.05) is 51.4 Å². The molecule has 0 aromatic heterocycles. The Balaban J connectivity index is 3.73. The van der Waals surface area contributed by atoms with Crippen molar-refractivity contribution in [2.24, 2.45) is 0 Å². The molecule has 0 heterocycles. The first-order valence-electron chi connectivity index (χ1n) is 27.5. The molecule has 0 spiro atoms. The van der Waals surface area contributed by atoms with Crippen molar-refractivity contribution in [1.29, 1.82) is 0 Å². The van der Waals surface area contributed by atoms with Gasteiger partial charge in [0.15, 0.2) is 0 Å². The minimum absolute atomic E-state index is 0.0173. The molecule has 2 unspecified atom stereocenters. The molecule has 0 aromatic carbocycles. The summed E-state index contributed by atoms with van der Waals surface area (Å²) in [5.74, 6) is -2.59. The van der Waals surface area contributed by atoms with Crippen molar-refractivity contribution in [2.45, 2.75) is 283 Å². The third-order valence-corrected chi connectivity index (χ3v) is 12.1. The molecule has 0 fully saturated rings. The number of carboxylic acid groups (broad SMARTS) is 2. The van der Waals surface area contributed by atoms with E-state index in [4.69, 9.17) is 29.2 Å². The standard InChI is InChI=1S/C56H98O12/c1-3-5-7-27-37-49(67-55(63)45-35-41-51(57)58)39-29-21-15-9-11-17-23-31-43-53(61)65-47-33-25-19-13-14-20-26-34-48-66-54(62)44-32-24-18-12-10-16-22-30-40-50(38-28-8-6-4-2)68-56(64)46-36-42-52(59)60/h21-22,29-30,49-50H,3-20,23-28,31-48H2,1-2H3,(H,57,58)(H,59,60)/b29-21-,30-22+. The molecular formula is C56H98O12. The molecule has 12 heteroatoms. The highest BCUT2D eigenvalue weighted by molar-refractivity contribution is 5.72. The van der Waals surface area contributed by atoms with Gasteiger partial charge in [-0.1, -0.05) is 154 Å². The molecule has 0 amide bonds. The molecule has 0 radical (unpaired) electrons. The topological polar surface area (TPSA) is 180 Å². The van der Waals surface area contributed by atoms with Gasteiger partial charge >= 0.3 is 35.8 Å². The lowest BCUT2D eigenvalue weighted by Crippen LogP contribution is -2.18. The zero-order chi connectivity index (χ0) is 50.0. The fourth-order valence-corrected chi connectivity index (χ4v) is 7.94. The van der Waals surface area contributed by atoms with E-state index in [2.05, 4.69) is 38.2 Å². The first kappa shape index (κ1) is 64.3. The maximum Gasteiger partial charge on any atom is 0.306 e. The van der Waals surface area contributed by atoms with E-state index >= 15 is 0 Å². The number of rotatable bonds is 51. The van der Waals surface area contributed by atoms with E-state index in [0.717, 1.165) is 167 Å². The Hall–Kier alpha value is -3.70. The molecular weight excluding hydrogens is 865 g/mol. The number of carbonyl (C=O) groups is 6. The number of hydrogen-bond donors (Lipinski definition) is 2. The van der Waals surface area contributed by atoms with Crippen LogP contribution in [0.15, 0.2) is 24.3 Å². The number of allylic oxidation sites excluding steroid dienone is 2. The summed E-state index contributed by atoms with van der Waals surface area (Å²) in [5, 5.41) is 17.6. The van der Waals surface area contributed by atoms with Gasteiger partial charge in [-0.2, -0.15) is 0 Å². The number of hydrogen-bond acceptors (Lipinski definition) is 10. The van der Waals surface area contributed by atoms with Crippen LogP contribution in [0.2, 0.25) is 0 Å². The predicted octanol–water partition coefficient (Wildman–Crippen LogP) is 14.8. The lowest BCUT2D eigenvalue weighted by Gasteiger charge is -2.16. The smallest absolute Gasteiger partial charge is 0.306 e. The molecule has 0 aliphatic carbocycles. The average molecular weight is 963 g/mol. The van der Waals surface area contributed by atoms with Crippen LogP contribution in [0.5, 0.6) is 0 Å². The van der Waals surface area contributed by atoms with Gasteiger partial charge in [-0.15, -0.1) is 0 Å². The van der Waals surface area contributed by atoms with Crippen molar-refractivity contribution in [3.63, 3.8) is 0 Å². The van der Waals surface area contributed by atoms with Crippen LogP contribution in [-0.4, -0.2) is 71.5 Å². The SMILES string of the molecule is CCCCCCC(C/C=C\CCCCCCCC(=O)OCCCCCCCCCCOC(=O)CCCCCCC/C=C/CC(CCCCCC)OC(=O)CCCC(=O)O)OC(=O)CCCC(=O)O. The van der Waals surface area contributed by atoms with E-state index in [0.29, 0.717) is 51.7 Å². The van der Waals surface area contributed by atoms with Crippen molar-refractivity contribution in [2.75, 3.05) is 13.2 Å². The Morgan fingerprint density at radius 1 is 0.353 bits per heavy atom. The molecule has 0 rings (SSSR count). The molecule has 12 nitrogen and oxygen atoms in total. The summed E-state index contributed by atoms with van der Waals surface area (Å²) in [6, 6.07) is 0. The molecule has 394 valence electrons. The second-order valence-electron chi connectivity index (χ2n) is 18.7. The average Bonchev–Trinajstić information content (AvgIpc) is 3.30. The van der Waals surface area contributed by atoms with Crippen LogP contribution in [0.4, 0.5) is 0 Å². The van der Waals surface area contributed by atoms with Crippen molar-refractivity contribution in [3.8, 4) is 0 Å². The second-order valence-corrected chi connectivity index (χ2v) is 18.7. The number of unbranched alkanes of at least 4 members (excludes halogenated alkanes) is 23. The summed E-state index contributed by atoms with van der Waals surface area (Å²) in [6.45, 7) is 5.34. The van der Waals surface area contributed by atoms with E-state index in [1.807, 2.05) is 0 Å². The summed E-state index contributed by atoms with van der Waals surface area (Å²) in [6.07, 6.45) is 43.0. The normalized spacial score (nSPS) is 12.3. The molecule has 0 aromatic rings. The van der Waals surface area contributed by atoms with Crippen LogP contribution >= 0.6 is 0 Å². The van der Waals surface area contributed by atoms with E-state index in [-0.39, 0.29) is 61.8 Å². The fourth-order valence-electron chi connectivity index (χ4n) is 7.94. The van der Waals surface area contributed by atoms with Crippen molar-refractivity contribution < 1.29 is 57.9 Å².